The molecule has 178 valence electrons. The molecule has 1 fully saturated rings. The van der Waals surface area contributed by atoms with Crippen LogP contribution in [0.3, 0.4) is 0 Å². The minimum atomic E-state index is -0.557. The van der Waals surface area contributed by atoms with Gasteiger partial charge in [-0.25, -0.2) is 24.2 Å². The number of hydrogen-bond donors (Lipinski definition) is 0. The van der Waals surface area contributed by atoms with E-state index in [9.17, 15) is 4.39 Å². The molecule has 0 saturated carbocycles. The van der Waals surface area contributed by atoms with E-state index in [0.29, 0.717) is 34.2 Å². The lowest BCUT2D eigenvalue weighted by Crippen LogP contribution is -2.43. The van der Waals surface area contributed by atoms with Gasteiger partial charge in [-0.15, -0.1) is 0 Å². The zero-order valence-corrected chi connectivity index (χ0v) is 19.9. The van der Waals surface area contributed by atoms with Crippen molar-refractivity contribution in [1.82, 2.24) is 24.3 Å². The lowest BCUT2D eigenvalue weighted by atomic mass is 10.0. The van der Waals surface area contributed by atoms with E-state index < -0.39 is 5.82 Å². The molecule has 1 aliphatic heterocycles. The van der Waals surface area contributed by atoms with Gasteiger partial charge in [0.25, 0.3) is 0 Å². The molecular formula is C26H26FN7O. The summed E-state index contributed by atoms with van der Waals surface area (Å²) >= 11 is 0. The van der Waals surface area contributed by atoms with Crippen molar-refractivity contribution in [2.24, 2.45) is 0 Å². The van der Waals surface area contributed by atoms with Crippen molar-refractivity contribution < 1.29 is 9.13 Å². The van der Waals surface area contributed by atoms with E-state index in [1.165, 1.54) is 13.2 Å². The Hall–Kier alpha value is -4.03. The molecule has 0 radical (unpaired) electrons. The van der Waals surface area contributed by atoms with Crippen LogP contribution in [-0.4, -0.2) is 64.6 Å². The lowest BCUT2D eigenvalue weighted by Gasteiger charge is -2.36. The Bertz CT molecular complexity index is 1400. The number of hydrogen-bond acceptors (Lipinski definition) is 6. The third-order valence-electron chi connectivity index (χ3n) is 6.57. The summed E-state index contributed by atoms with van der Waals surface area (Å²) in [5.74, 6) is 0.174. The second kappa shape index (κ2) is 9.31. The normalized spacial score (nSPS) is 14.5. The van der Waals surface area contributed by atoms with Crippen LogP contribution < -0.4 is 9.64 Å². The summed E-state index contributed by atoms with van der Waals surface area (Å²) in [5, 5.41) is 0. The highest BCUT2D eigenvalue weighted by molar-refractivity contribution is 5.91. The second-order valence-electron chi connectivity index (χ2n) is 8.81. The number of ether oxygens (including phenoxy) is 1. The number of halogens is 1. The molecule has 0 spiro atoms. The number of anilines is 1. The van der Waals surface area contributed by atoms with E-state index in [1.807, 2.05) is 22.7 Å². The van der Waals surface area contributed by atoms with Gasteiger partial charge in [0.05, 0.1) is 24.9 Å². The Kier molecular flexibility index (Phi) is 6.05. The summed E-state index contributed by atoms with van der Waals surface area (Å²) in [6.45, 7) is 9.03. The first-order valence-corrected chi connectivity index (χ1v) is 11.5. The van der Waals surface area contributed by atoms with Crippen molar-refractivity contribution in [3.63, 3.8) is 0 Å². The number of fused-ring (bicyclic) bond motifs is 1. The maximum atomic E-state index is 14.7. The molecule has 0 atom stereocenters. The molecule has 0 bridgehead atoms. The minimum absolute atomic E-state index is 0.0654. The zero-order valence-electron chi connectivity index (χ0n) is 19.9. The maximum absolute atomic E-state index is 14.7. The number of benzene rings is 1. The summed E-state index contributed by atoms with van der Waals surface area (Å²) < 4.78 is 21.7. The molecular weight excluding hydrogens is 445 g/mol. The van der Waals surface area contributed by atoms with Crippen molar-refractivity contribution in [3.8, 4) is 28.3 Å². The van der Waals surface area contributed by atoms with Crippen molar-refractivity contribution >= 4 is 17.3 Å². The number of aromatic nitrogens is 4. The van der Waals surface area contributed by atoms with E-state index >= 15 is 0 Å². The van der Waals surface area contributed by atoms with Crippen LogP contribution in [0.4, 0.5) is 16.0 Å². The number of rotatable bonds is 5. The summed E-state index contributed by atoms with van der Waals surface area (Å²) in [4.78, 5) is 22.0. The monoisotopic (exact) mass is 471 g/mol. The van der Waals surface area contributed by atoms with E-state index in [2.05, 4.69) is 38.7 Å². The van der Waals surface area contributed by atoms with Crippen LogP contribution in [0.25, 0.3) is 32.9 Å². The highest BCUT2D eigenvalue weighted by Gasteiger charge is 2.26. The van der Waals surface area contributed by atoms with Gasteiger partial charge in [-0.3, -0.25) is 4.40 Å². The summed E-state index contributed by atoms with van der Waals surface area (Å²) in [5.41, 5.74) is 3.91. The lowest BCUT2D eigenvalue weighted by molar-refractivity contribution is 0.249. The van der Waals surface area contributed by atoms with Crippen LogP contribution in [0.2, 0.25) is 0 Å². The minimum Gasteiger partial charge on any atom is -0.479 e. The summed E-state index contributed by atoms with van der Waals surface area (Å²) in [6.07, 6.45) is 7.27. The van der Waals surface area contributed by atoms with Gasteiger partial charge in [-0.05, 0) is 38.6 Å². The number of methoxy groups -OCH3 is 1. The van der Waals surface area contributed by atoms with Gasteiger partial charge in [0.15, 0.2) is 11.5 Å². The van der Waals surface area contributed by atoms with Crippen LogP contribution in [0.1, 0.15) is 12.8 Å². The predicted molar refractivity (Wildman–Crippen MR) is 133 cm³/mol. The van der Waals surface area contributed by atoms with Crippen LogP contribution in [0.5, 0.6) is 5.88 Å². The molecule has 4 aromatic rings. The second-order valence-corrected chi connectivity index (χ2v) is 8.81. The third kappa shape index (κ3) is 4.17. The number of pyridine rings is 1. The molecule has 0 aliphatic carbocycles. The number of imidazole rings is 1. The average molecular weight is 472 g/mol. The third-order valence-corrected chi connectivity index (χ3v) is 6.57. The molecule has 0 amide bonds. The Morgan fingerprint density at radius 3 is 2.49 bits per heavy atom. The van der Waals surface area contributed by atoms with Crippen molar-refractivity contribution in [1.29, 1.82) is 0 Å². The topological polar surface area (TPSA) is 63.2 Å². The quantitative estimate of drug-likeness (QED) is 0.394. The van der Waals surface area contributed by atoms with Gasteiger partial charge < -0.3 is 14.5 Å². The first-order valence-electron chi connectivity index (χ1n) is 11.5. The van der Waals surface area contributed by atoms with Crippen LogP contribution >= 0.6 is 0 Å². The number of nitrogens with zero attached hydrogens (tertiary/aromatic N) is 7. The fraction of sp³-hybridized carbons (Fsp3) is 0.308. The van der Waals surface area contributed by atoms with Crippen LogP contribution in [0, 0.1) is 12.4 Å². The molecule has 35 heavy (non-hydrogen) atoms. The van der Waals surface area contributed by atoms with Gasteiger partial charge in [0, 0.05) is 43.3 Å². The van der Waals surface area contributed by atoms with Gasteiger partial charge in [-0.1, -0.05) is 24.3 Å². The van der Waals surface area contributed by atoms with Crippen LogP contribution in [0.15, 0.2) is 48.9 Å². The molecule has 5 rings (SSSR count). The molecule has 8 nitrogen and oxygen atoms in total. The molecule has 1 aromatic carbocycles. The molecule has 1 saturated heterocycles. The van der Waals surface area contributed by atoms with E-state index in [1.54, 1.807) is 24.5 Å². The first kappa shape index (κ1) is 22.7. The largest absolute Gasteiger partial charge is 0.479 e. The summed E-state index contributed by atoms with van der Waals surface area (Å²) in [7, 11) is 5.63. The van der Waals surface area contributed by atoms with Crippen molar-refractivity contribution in [2.45, 2.75) is 18.9 Å². The standard InChI is InChI=1S/C26H26FN7O/c1-28-19-7-5-17(6-8-19)23-22(18-15-21(27)25(35-4)30-16-18)24-29-11-14-34(24)26(31-23)33-12-9-20(10-13-33)32(2)3/h5-8,11,14-16,20H,9-10,12-13H2,2-4H3. The molecule has 3 aromatic heterocycles. The van der Waals surface area contributed by atoms with E-state index in [0.717, 1.165) is 37.4 Å². The highest BCUT2D eigenvalue weighted by atomic mass is 19.1. The maximum Gasteiger partial charge on any atom is 0.250 e. The molecule has 1 aliphatic rings. The van der Waals surface area contributed by atoms with Gasteiger partial charge in [0.1, 0.15) is 5.65 Å². The Labute approximate surface area is 203 Å². The molecule has 4 heterocycles. The predicted octanol–water partition coefficient (Wildman–Crippen LogP) is 4.69. The van der Waals surface area contributed by atoms with Gasteiger partial charge in [-0.2, -0.15) is 0 Å². The van der Waals surface area contributed by atoms with Crippen molar-refractivity contribution in [2.75, 3.05) is 39.2 Å². The Morgan fingerprint density at radius 1 is 1.11 bits per heavy atom. The van der Waals surface area contributed by atoms with Crippen LogP contribution in [-0.2, 0) is 0 Å². The SMILES string of the molecule is [C-]#[N+]c1ccc(-c2nc(N3CCC(N(C)C)CC3)n3ccnc3c2-c2cnc(OC)c(F)c2)cc1. The molecule has 0 N–H and O–H groups in total. The van der Waals surface area contributed by atoms with Crippen molar-refractivity contribution in [3.05, 3.63) is 66.2 Å². The van der Waals surface area contributed by atoms with E-state index in [4.69, 9.17) is 16.3 Å². The average Bonchev–Trinajstić information content (AvgIpc) is 3.37. The smallest absolute Gasteiger partial charge is 0.250 e. The zero-order chi connectivity index (χ0) is 24.5. The fourth-order valence-corrected chi connectivity index (χ4v) is 4.65. The molecule has 9 heteroatoms. The van der Waals surface area contributed by atoms with Gasteiger partial charge in [0.2, 0.25) is 11.8 Å². The fourth-order valence-electron chi connectivity index (χ4n) is 4.65. The Morgan fingerprint density at radius 2 is 1.86 bits per heavy atom. The van der Waals surface area contributed by atoms with E-state index in [-0.39, 0.29) is 5.88 Å². The highest BCUT2D eigenvalue weighted by Crippen LogP contribution is 2.38. The van der Waals surface area contributed by atoms with Gasteiger partial charge >= 0.3 is 0 Å². The number of piperidine rings is 1. The first-order chi connectivity index (χ1) is 17.0. The summed E-state index contributed by atoms with van der Waals surface area (Å²) in [6, 6.07) is 9.20. The Balaban J connectivity index is 1.70. The molecule has 0 unspecified atom stereocenters.